The summed E-state index contributed by atoms with van der Waals surface area (Å²) in [6.45, 7) is 0.123. The largest absolute Gasteiger partial charge is 0.480 e. The molecule has 0 unspecified atom stereocenters. The monoisotopic (exact) mass is 263 g/mol. The molecule has 102 valence electrons. The average molecular weight is 263 g/mol. The Morgan fingerprint density at radius 2 is 2.21 bits per heavy atom. The summed E-state index contributed by atoms with van der Waals surface area (Å²) < 4.78 is 5.02. The summed E-state index contributed by atoms with van der Waals surface area (Å²) >= 11 is 0. The summed E-state index contributed by atoms with van der Waals surface area (Å²) in [5, 5.41) is 11.3. The smallest absolute Gasteiger partial charge is 0.329 e. The molecule has 0 bridgehead atoms. The fourth-order valence-corrected chi connectivity index (χ4v) is 2.13. The number of fused-ring (bicyclic) bond motifs is 1. The Morgan fingerprint density at radius 3 is 3.00 bits per heavy atom. The molecule has 19 heavy (non-hydrogen) atoms. The molecule has 0 aliphatic carbocycles. The van der Waals surface area contributed by atoms with E-state index in [9.17, 15) is 9.59 Å². The second kappa shape index (κ2) is 6.33. The molecular weight excluding hydrogens is 246 g/mol. The van der Waals surface area contributed by atoms with E-state index in [2.05, 4.69) is 11.4 Å². The number of rotatable bonds is 5. The number of nitrogens with one attached hydrogen (secondary N) is 1. The van der Waals surface area contributed by atoms with Crippen LogP contribution in [0.5, 0.6) is 0 Å². The van der Waals surface area contributed by atoms with E-state index in [-0.39, 0.29) is 12.5 Å². The summed E-state index contributed by atoms with van der Waals surface area (Å²) in [7, 11) is 0. The maximum Gasteiger partial charge on any atom is 0.329 e. The van der Waals surface area contributed by atoms with E-state index >= 15 is 0 Å². The predicted octanol–water partition coefficient (Wildman–Crippen LogP) is 1.61. The van der Waals surface area contributed by atoms with Crippen LogP contribution >= 0.6 is 0 Å². The Balaban J connectivity index is 1.94. The van der Waals surface area contributed by atoms with Crippen LogP contribution in [0.2, 0.25) is 0 Å². The number of aryl methyl sites for hydroxylation is 1. The Kier molecular flexibility index (Phi) is 4.52. The minimum absolute atomic E-state index is 0.0660. The molecular formula is C14H17NO4. The zero-order valence-corrected chi connectivity index (χ0v) is 10.6. The van der Waals surface area contributed by atoms with Crippen molar-refractivity contribution in [2.75, 3.05) is 18.5 Å². The third kappa shape index (κ3) is 4.06. The van der Waals surface area contributed by atoms with Gasteiger partial charge < -0.3 is 15.2 Å². The van der Waals surface area contributed by atoms with Crippen LogP contribution in [0.4, 0.5) is 5.69 Å². The number of hydrogen-bond acceptors (Lipinski definition) is 3. The number of carboxylic acid groups (broad SMARTS) is 1. The van der Waals surface area contributed by atoms with Gasteiger partial charge >= 0.3 is 5.97 Å². The van der Waals surface area contributed by atoms with Crippen molar-refractivity contribution in [3.63, 3.8) is 0 Å². The van der Waals surface area contributed by atoms with Gasteiger partial charge in [-0.3, -0.25) is 4.79 Å². The van der Waals surface area contributed by atoms with Crippen LogP contribution in [0.25, 0.3) is 0 Å². The third-order valence-corrected chi connectivity index (χ3v) is 3.05. The first kappa shape index (κ1) is 13.5. The molecule has 1 heterocycles. The molecule has 2 rings (SSSR count). The molecule has 5 nitrogen and oxygen atoms in total. The Morgan fingerprint density at radius 1 is 1.37 bits per heavy atom. The zero-order chi connectivity index (χ0) is 13.7. The topological polar surface area (TPSA) is 75.6 Å². The maximum absolute atomic E-state index is 11.4. The van der Waals surface area contributed by atoms with Crippen LogP contribution in [0.15, 0.2) is 18.2 Å². The second-order valence-corrected chi connectivity index (χ2v) is 4.59. The highest BCUT2D eigenvalue weighted by molar-refractivity contribution is 5.92. The van der Waals surface area contributed by atoms with E-state index in [1.54, 1.807) is 0 Å². The van der Waals surface area contributed by atoms with Gasteiger partial charge in [-0.05, 0) is 36.5 Å². The second-order valence-electron chi connectivity index (χ2n) is 4.59. The number of carbonyl (C=O) groups excluding carboxylic acids is 1. The van der Waals surface area contributed by atoms with Crippen molar-refractivity contribution in [3.8, 4) is 0 Å². The fourth-order valence-electron chi connectivity index (χ4n) is 2.13. The van der Waals surface area contributed by atoms with Crippen molar-refractivity contribution in [1.29, 1.82) is 0 Å². The van der Waals surface area contributed by atoms with Crippen molar-refractivity contribution in [2.24, 2.45) is 0 Å². The van der Waals surface area contributed by atoms with E-state index in [1.807, 2.05) is 12.1 Å². The molecule has 2 N–H and O–H groups in total. The average Bonchev–Trinajstić information content (AvgIpc) is 2.54. The first-order valence-electron chi connectivity index (χ1n) is 6.36. The van der Waals surface area contributed by atoms with Crippen molar-refractivity contribution < 1.29 is 19.4 Å². The molecule has 1 amide bonds. The lowest BCUT2D eigenvalue weighted by Gasteiger charge is -2.09. The minimum Gasteiger partial charge on any atom is -0.480 e. The molecule has 0 aromatic heterocycles. The number of ether oxygens (including phenoxy) is 1. The van der Waals surface area contributed by atoms with Gasteiger partial charge in [0.05, 0.1) is 6.61 Å². The summed E-state index contributed by atoms with van der Waals surface area (Å²) in [4.78, 5) is 21.7. The number of carbonyl (C=O) groups is 2. The number of benzene rings is 1. The molecule has 5 heteroatoms. The van der Waals surface area contributed by atoms with Gasteiger partial charge in [-0.25, -0.2) is 4.79 Å². The third-order valence-electron chi connectivity index (χ3n) is 3.05. The molecule has 0 saturated carbocycles. The molecule has 0 fully saturated rings. The van der Waals surface area contributed by atoms with Crippen LogP contribution in [-0.4, -0.2) is 30.2 Å². The number of amides is 1. The van der Waals surface area contributed by atoms with Gasteiger partial charge in [-0.2, -0.15) is 0 Å². The predicted molar refractivity (Wildman–Crippen MR) is 70.2 cm³/mol. The molecule has 0 radical (unpaired) electrons. The lowest BCUT2D eigenvalue weighted by Crippen LogP contribution is -2.10. The molecule has 1 aromatic rings. The van der Waals surface area contributed by atoms with Gasteiger partial charge in [-0.15, -0.1) is 0 Å². The van der Waals surface area contributed by atoms with Crippen molar-refractivity contribution in [2.45, 2.75) is 25.7 Å². The fraction of sp³-hybridized carbons (Fsp3) is 0.429. The number of anilines is 1. The summed E-state index contributed by atoms with van der Waals surface area (Å²) in [5.74, 6) is -0.888. The van der Waals surface area contributed by atoms with Crippen molar-refractivity contribution in [1.82, 2.24) is 0 Å². The van der Waals surface area contributed by atoms with E-state index in [0.29, 0.717) is 19.4 Å². The van der Waals surface area contributed by atoms with Gasteiger partial charge in [0.2, 0.25) is 5.91 Å². The summed E-state index contributed by atoms with van der Waals surface area (Å²) in [6, 6.07) is 5.91. The molecule has 0 atom stereocenters. The molecule has 0 spiro atoms. The molecule has 0 saturated heterocycles. The van der Waals surface area contributed by atoms with Crippen LogP contribution in [-0.2, 0) is 27.2 Å². The highest BCUT2D eigenvalue weighted by Crippen LogP contribution is 2.23. The standard InChI is InChI=1S/C14H17NO4/c16-13-3-1-2-11-8-10(4-5-12(11)15-13)6-7-19-9-14(17)18/h4-5,8H,1-3,6-7,9H2,(H,15,16)(H,17,18). The summed E-state index contributed by atoms with van der Waals surface area (Å²) in [6.07, 6.45) is 2.98. The Bertz CT molecular complexity index is 484. The minimum atomic E-state index is -0.954. The maximum atomic E-state index is 11.4. The highest BCUT2D eigenvalue weighted by Gasteiger charge is 2.12. The molecule has 1 aliphatic heterocycles. The zero-order valence-electron chi connectivity index (χ0n) is 10.6. The quantitative estimate of drug-likeness (QED) is 0.791. The van der Waals surface area contributed by atoms with Crippen LogP contribution in [0, 0.1) is 0 Å². The van der Waals surface area contributed by atoms with Crippen molar-refractivity contribution in [3.05, 3.63) is 29.3 Å². The van der Waals surface area contributed by atoms with E-state index in [4.69, 9.17) is 9.84 Å². The van der Waals surface area contributed by atoms with Gasteiger partial charge in [-0.1, -0.05) is 12.1 Å². The Hall–Kier alpha value is -1.88. The molecule has 1 aliphatic rings. The van der Waals surface area contributed by atoms with Crippen LogP contribution in [0.3, 0.4) is 0 Å². The van der Waals surface area contributed by atoms with E-state index in [1.165, 1.54) is 0 Å². The first-order valence-corrected chi connectivity index (χ1v) is 6.36. The number of carboxylic acids is 1. The summed E-state index contributed by atoms with van der Waals surface area (Å²) in [5.41, 5.74) is 3.12. The number of aliphatic carboxylic acids is 1. The number of hydrogen-bond donors (Lipinski definition) is 2. The lowest BCUT2D eigenvalue weighted by atomic mass is 10.0. The SMILES string of the molecule is O=C(O)COCCc1ccc2c(c1)CCCC(=O)N2. The molecule has 1 aromatic carbocycles. The highest BCUT2D eigenvalue weighted by atomic mass is 16.5. The Labute approximate surface area is 111 Å². The van der Waals surface area contributed by atoms with E-state index < -0.39 is 5.97 Å². The van der Waals surface area contributed by atoms with Gasteiger partial charge in [0.25, 0.3) is 0 Å². The first-order chi connectivity index (χ1) is 9.15. The lowest BCUT2D eigenvalue weighted by molar-refractivity contribution is -0.142. The van der Waals surface area contributed by atoms with Gasteiger partial charge in [0, 0.05) is 12.1 Å². The normalized spacial score (nSPS) is 14.4. The van der Waals surface area contributed by atoms with Crippen LogP contribution < -0.4 is 5.32 Å². The van der Waals surface area contributed by atoms with E-state index in [0.717, 1.165) is 29.7 Å². The van der Waals surface area contributed by atoms with Gasteiger partial charge in [0.15, 0.2) is 0 Å². The van der Waals surface area contributed by atoms with Crippen LogP contribution in [0.1, 0.15) is 24.0 Å². The van der Waals surface area contributed by atoms with Gasteiger partial charge in [0.1, 0.15) is 6.61 Å². The van der Waals surface area contributed by atoms with Crippen molar-refractivity contribution >= 4 is 17.6 Å².